The number of halogens is 1. The highest BCUT2D eigenvalue weighted by atomic mass is 35.5. The second-order valence-electron chi connectivity index (χ2n) is 3.81. The number of thioether (sulfide) groups is 1. The summed E-state index contributed by atoms with van der Waals surface area (Å²) in [6.45, 7) is 4.20. The van der Waals surface area contributed by atoms with E-state index in [2.05, 4.69) is 19.2 Å². The summed E-state index contributed by atoms with van der Waals surface area (Å²) in [5.41, 5.74) is 6.84. The molecule has 0 heterocycles. The van der Waals surface area contributed by atoms with Gasteiger partial charge in [0.05, 0.1) is 17.1 Å². The van der Waals surface area contributed by atoms with Crippen molar-refractivity contribution in [2.45, 2.75) is 25.5 Å². The van der Waals surface area contributed by atoms with Gasteiger partial charge < -0.3 is 11.1 Å². The maximum absolute atomic E-state index is 11.7. The van der Waals surface area contributed by atoms with Crippen LogP contribution in [0.5, 0.6) is 0 Å². The molecule has 0 spiro atoms. The molecule has 0 fully saturated rings. The Morgan fingerprint density at radius 1 is 1.59 bits per heavy atom. The third-order valence-corrected chi connectivity index (χ3v) is 3.93. The van der Waals surface area contributed by atoms with E-state index in [1.807, 2.05) is 0 Å². The zero-order valence-corrected chi connectivity index (χ0v) is 11.6. The van der Waals surface area contributed by atoms with Crippen LogP contribution in [0.3, 0.4) is 0 Å². The minimum Gasteiger partial charge on any atom is -0.397 e. The normalized spacial score (nSPS) is 12.2. The second kappa shape index (κ2) is 6.77. The van der Waals surface area contributed by atoms with E-state index in [9.17, 15) is 4.79 Å². The molecule has 1 unspecified atom stereocenters. The molecule has 0 saturated carbocycles. The topological polar surface area (TPSA) is 55.1 Å². The number of amides is 1. The van der Waals surface area contributed by atoms with E-state index in [0.717, 1.165) is 6.42 Å². The van der Waals surface area contributed by atoms with E-state index in [0.29, 0.717) is 27.4 Å². The number of hydrogen-bond donors (Lipinski definition) is 2. The Balaban J connectivity index is 2.53. The molecule has 1 rings (SSSR count). The molecule has 3 N–H and O–H groups in total. The van der Waals surface area contributed by atoms with Gasteiger partial charge in [-0.25, -0.2) is 0 Å². The van der Waals surface area contributed by atoms with Crippen LogP contribution in [0, 0.1) is 0 Å². The minimum atomic E-state index is -0.0516. The van der Waals surface area contributed by atoms with Crippen LogP contribution in [-0.2, 0) is 4.79 Å². The second-order valence-corrected chi connectivity index (χ2v) is 5.67. The van der Waals surface area contributed by atoms with Crippen molar-refractivity contribution in [3.05, 3.63) is 23.2 Å². The molecule has 0 aliphatic rings. The molecule has 1 amide bonds. The van der Waals surface area contributed by atoms with Crippen molar-refractivity contribution in [2.75, 3.05) is 16.8 Å². The lowest BCUT2D eigenvalue weighted by atomic mass is 10.2. The molecule has 17 heavy (non-hydrogen) atoms. The van der Waals surface area contributed by atoms with E-state index in [-0.39, 0.29) is 5.91 Å². The third kappa shape index (κ3) is 4.88. The first-order chi connectivity index (χ1) is 8.02. The fourth-order valence-corrected chi connectivity index (χ4v) is 2.07. The Bertz CT molecular complexity index is 398. The number of nitrogens with one attached hydrogen (secondary N) is 1. The highest BCUT2D eigenvalue weighted by Gasteiger charge is 2.08. The minimum absolute atomic E-state index is 0.0516. The molecule has 0 bridgehead atoms. The SMILES string of the molecule is CCC(C)SCC(=O)Nc1cc(Cl)ccc1N. The van der Waals surface area contributed by atoms with Crippen molar-refractivity contribution in [2.24, 2.45) is 0 Å². The average molecular weight is 273 g/mol. The van der Waals surface area contributed by atoms with E-state index < -0.39 is 0 Å². The first-order valence-corrected chi connectivity index (χ1v) is 6.92. The zero-order valence-electron chi connectivity index (χ0n) is 10.00. The number of carbonyl (C=O) groups is 1. The van der Waals surface area contributed by atoms with Gasteiger partial charge in [0, 0.05) is 10.3 Å². The van der Waals surface area contributed by atoms with Gasteiger partial charge in [-0.15, -0.1) is 11.8 Å². The quantitative estimate of drug-likeness (QED) is 0.808. The molecule has 0 aromatic heterocycles. The van der Waals surface area contributed by atoms with E-state index >= 15 is 0 Å². The highest BCUT2D eigenvalue weighted by Crippen LogP contribution is 2.23. The first kappa shape index (κ1) is 14.2. The maximum atomic E-state index is 11.7. The van der Waals surface area contributed by atoms with Gasteiger partial charge in [0.1, 0.15) is 0 Å². The molecule has 0 aliphatic carbocycles. The number of carbonyl (C=O) groups excluding carboxylic acids is 1. The van der Waals surface area contributed by atoms with Crippen molar-refractivity contribution in [1.82, 2.24) is 0 Å². The third-order valence-electron chi connectivity index (χ3n) is 2.36. The summed E-state index contributed by atoms with van der Waals surface area (Å²) >= 11 is 7.47. The van der Waals surface area contributed by atoms with Gasteiger partial charge in [-0.1, -0.05) is 25.4 Å². The zero-order chi connectivity index (χ0) is 12.8. The largest absolute Gasteiger partial charge is 0.397 e. The van der Waals surface area contributed by atoms with Gasteiger partial charge >= 0.3 is 0 Å². The van der Waals surface area contributed by atoms with Crippen molar-refractivity contribution in [3.8, 4) is 0 Å². The molecular weight excluding hydrogens is 256 g/mol. The molecule has 3 nitrogen and oxygen atoms in total. The van der Waals surface area contributed by atoms with E-state index in [1.165, 1.54) is 0 Å². The average Bonchev–Trinajstić information content (AvgIpc) is 2.30. The maximum Gasteiger partial charge on any atom is 0.234 e. The highest BCUT2D eigenvalue weighted by molar-refractivity contribution is 8.00. The van der Waals surface area contributed by atoms with Crippen LogP contribution in [0.4, 0.5) is 11.4 Å². The lowest BCUT2D eigenvalue weighted by Crippen LogP contribution is -2.16. The number of anilines is 2. The summed E-state index contributed by atoms with van der Waals surface area (Å²) in [4.78, 5) is 11.7. The van der Waals surface area contributed by atoms with Crippen LogP contribution in [0.1, 0.15) is 20.3 Å². The van der Waals surface area contributed by atoms with Crippen molar-refractivity contribution in [3.63, 3.8) is 0 Å². The van der Waals surface area contributed by atoms with E-state index in [4.69, 9.17) is 17.3 Å². The first-order valence-electron chi connectivity index (χ1n) is 5.49. The predicted octanol–water partition coefficient (Wildman–Crippen LogP) is 3.39. The standard InChI is InChI=1S/C12H17ClN2OS/c1-3-8(2)17-7-12(16)15-11-6-9(13)4-5-10(11)14/h4-6,8H,3,7,14H2,1-2H3,(H,15,16). The molecule has 0 aliphatic heterocycles. The van der Waals surface area contributed by atoms with Gasteiger partial charge in [-0.2, -0.15) is 0 Å². The summed E-state index contributed by atoms with van der Waals surface area (Å²) in [6, 6.07) is 5.03. The molecule has 94 valence electrons. The number of nitrogen functional groups attached to an aromatic ring is 1. The lowest BCUT2D eigenvalue weighted by molar-refractivity contribution is -0.113. The molecule has 1 aromatic rings. The summed E-state index contributed by atoms with van der Waals surface area (Å²) in [7, 11) is 0. The van der Waals surface area contributed by atoms with Crippen LogP contribution in [0.2, 0.25) is 5.02 Å². The smallest absolute Gasteiger partial charge is 0.234 e. The van der Waals surface area contributed by atoms with Crippen molar-refractivity contribution >= 4 is 40.6 Å². The number of rotatable bonds is 5. The van der Waals surface area contributed by atoms with E-state index in [1.54, 1.807) is 30.0 Å². The molecular formula is C12H17ClN2OS. The van der Waals surface area contributed by atoms with Crippen LogP contribution in [0.15, 0.2) is 18.2 Å². The number of nitrogens with two attached hydrogens (primary N) is 1. The Hall–Kier alpha value is -0.870. The van der Waals surface area contributed by atoms with Crippen LogP contribution < -0.4 is 11.1 Å². The molecule has 0 saturated heterocycles. The monoisotopic (exact) mass is 272 g/mol. The lowest BCUT2D eigenvalue weighted by Gasteiger charge is -2.10. The summed E-state index contributed by atoms with van der Waals surface area (Å²) in [6.07, 6.45) is 1.05. The van der Waals surface area contributed by atoms with Crippen molar-refractivity contribution < 1.29 is 4.79 Å². The molecule has 1 atom stereocenters. The summed E-state index contributed by atoms with van der Waals surface area (Å²) in [5.74, 6) is 0.380. The fourth-order valence-electron chi connectivity index (χ4n) is 1.16. The Labute approximate surface area is 111 Å². The van der Waals surface area contributed by atoms with Crippen LogP contribution in [-0.4, -0.2) is 16.9 Å². The molecule has 0 radical (unpaired) electrons. The van der Waals surface area contributed by atoms with Gasteiger partial charge in [-0.3, -0.25) is 4.79 Å². The Kier molecular flexibility index (Phi) is 5.65. The predicted molar refractivity (Wildman–Crippen MR) is 76.7 cm³/mol. The van der Waals surface area contributed by atoms with Gasteiger partial charge in [0.25, 0.3) is 0 Å². The van der Waals surface area contributed by atoms with Crippen molar-refractivity contribution in [1.29, 1.82) is 0 Å². The molecule has 5 heteroatoms. The van der Waals surface area contributed by atoms with Gasteiger partial charge in [0.15, 0.2) is 0 Å². The number of benzene rings is 1. The number of hydrogen-bond acceptors (Lipinski definition) is 3. The van der Waals surface area contributed by atoms with Gasteiger partial charge in [0.2, 0.25) is 5.91 Å². The Morgan fingerprint density at radius 2 is 2.29 bits per heavy atom. The van der Waals surface area contributed by atoms with Crippen LogP contribution in [0.25, 0.3) is 0 Å². The fraction of sp³-hybridized carbons (Fsp3) is 0.417. The Morgan fingerprint density at radius 3 is 2.94 bits per heavy atom. The summed E-state index contributed by atoms with van der Waals surface area (Å²) in [5, 5.41) is 3.80. The van der Waals surface area contributed by atoms with Gasteiger partial charge in [-0.05, 0) is 24.6 Å². The molecule has 1 aromatic carbocycles. The summed E-state index contributed by atoms with van der Waals surface area (Å²) < 4.78 is 0. The van der Waals surface area contributed by atoms with Crippen LogP contribution >= 0.6 is 23.4 Å².